The Bertz CT molecular complexity index is 531. The molecule has 0 bridgehead atoms. The highest BCUT2D eigenvalue weighted by atomic mass is 19.1. The van der Waals surface area contributed by atoms with Crippen LogP contribution in [0.3, 0.4) is 0 Å². The monoisotopic (exact) mass is 278 g/mol. The van der Waals surface area contributed by atoms with E-state index in [9.17, 15) is 14.0 Å². The van der Waals surface area contributed by atoms with Gasteiger partial charge in [-0.2, -0.15) is 0 Å². The largest absolute Gasteiger partial charge is 0.342 e. The number of aryl methyl sites for hydroxylation is 1. The lowest BCUT2D eigenvalue weighted by Crippen LogP contribution is -2.42. The Kier molecular flexibility index (Phi) is 4.37. The zero-order chi connectivity index (χ0) is 14.7. The molecule has 0 saturated carbocycles. The first kappa shape index (κ1) is 14.5. The van der Waals surface area contributed by atoms with Gasteiger partial charge >= 0.3 is 0 Å². The van der Waals surface area contributed by atoms with Crippen molar-refractivity contribution in [3.05, 3.63) is 29.6 Å². The van der Waals surface area contributed by atoms with Crippen LogP contribution < -0.4 is 5.32 Å². The molecule has 1 aromatic rings. The molecule has 1 N–H and O–H groups in total. The van der Waals surface area contributed by atoms with E-state index in [1.165, 1.54) is 13.0 Å². The maximum atomic E-state index is 13.4. The molecule has 1 saturated heterocycles. The fourth-order valence-corrected chi connectivity index (χ4v) is 2.39. The number of halogens is 1. The minimum absolute atomic E-state index is 0.0103. The van der Waals surface area contributed by atoms with E-state index in [-0.39, 0.29) is 23.5 Å². The van der Waals surface area contributed by atoms with E-state index in [1.54, 1.807) is 24.0 Å². The summed E-state index contributed by atoms with van der Waals surface area (Å²) in [6.45, 7) is 4.33. The van der Waals surface area contributed by atoms with Crippen LogP contribution in [-0.4, -0.2) is 29.8 Å². The van der Waals surface area contributed by atoms with Crippen LogP contribution in [0.15, 0.2) is 18.2 Å². The summed E-state index contributed by atoms with van der Waals surface area (Å²) in [6.07, 6.45) is 1.57. The molecule has 0 radical (unpaired) electrons. The number of carbonyl (C=O) groups is 2. The number of carbonyl (C=O) groups excluding carboxylic acids is 2. The fraction of sp³-hybridized carbons (Fsp3) is 0.467. The summed E-state index contributed by atoms with van der Waals surface area (Å²) in [7, 11) is 0. The van der Waals surface area contributed by atoms with Gasteiger partial charge in [-0.25, -0.2) is 4.39 Å². The molecule has 108 valence electrons. The van der Waals surface area contributed by atoms with Crippen molar-refractivity contribution >= 4 is 17.5 Å². The van der Waals surface area contributed by atoms with Gasteiger partial charge in [-0.3, -0.25) is 9.59 Å². The molecule has 1 fully saturated rings. The molecule has 0 aromatic heterocycles. The number of likely N-dealkylation sites (tertiary alicyclic amines) is 1. The molecule has 2 amide bonds. The summed E-state index contributed by atoms with van der Waals surface area (Å²) >= 11 is 0. The van der Waals surface area contributed by atoms with Crippen molar-refractivity contribution in [3.63, 3.8) is 0 Å². The van der Waals surface area contributed by atoms with Gasteiger partial charge in [0.25, 0.3) is 0 Å². The first-order chi connectivity index (χ1) is 9.47. The van der Waals surface area contributed by atoms with Gasteiger partial charge in [-0.05, 0) is 37.5 Å². The number of anilines is 1. The Morgan fingerprint density at radius 3 is 2.80 bits per heavy atom. The normalized spacial score (nSPS) is 18.8. The van der Waals surface area contributed by atoms with Crippen molar-refractivity contribution in [1.29, 1.82) is 0 Å². The third-order valence-electron chi connectivity index (χ3n) is 3.68. The molecule has 1 aromatic carbocycles. The molecule has 4 nitrogen and oxygen atoms in total. The van der Waals surface area contributed by atoms with Crippen molar-refractivity contribution in [1.82, 2.24) is 4.90 Å². The van der Waals surface area contributed by atoms with Crippen molar-refractivity contribution in [2.75, 3.05) is 18.4 Å². The van der Waals surface area contributed by atoms with Crippen molar-refractivity contribution in [3.8, 4) is 0 Å². The fourth-order valence-electron chi connectivity index (χ4n) is 2.39. The number of nitrogens with one attached hydrogen (secondary N) is 1. The highest BCUT2D eigenvalue weighted by molar-refractivity contribution is 5.93. The molecular formula is C15H19FN2O2. The predicted molar refractivity (Wildman–Crippen MR) is 74.7 cm³/mol. The minimum Gasteiger partial charge on any atom is -0.342 e. The molecule has 20 heavy (non-hydrogen) atoms. The molecule has 0 unspecified atom stereocenters. The van der Waals surface area contributed by atoms with Gasteiger partial charge in [-0.15, -0.1) is 0 Å². The smallest absolute Gasteiger partial charge is 0.229 e. The molecule has 0 spiro atoms. The molecule has 2 rings (SSSR count). The molecular weight excluding hydrogens is 259 g/mol. The molecule has 1 aliphatic heterocycles. The summed E-state index contributed by atoms with van der Waals surface area (Å²) in [5.41, 5.74) is 1.00. The number of rotatable bonds is 2. The third-order valence-corrected chi connectivity index (χ3v) is 3.68. The maximum absolute atomic E-state index is 13.4. The molecule has 1 aliphatic rings. The van der Waals surface area contributed by atoms with Crippen LogP contribution >= 0.6 is 0 Å². The standard InChI is InChI=1S/C15H19FN2O2/c1-10-5-6-13(8-14(10)16)17-15(20)12-4-3-7-18(9-12)11(2)19/h5-6,8,12H,3-4,7,9H2,1-2H3,(H,17,20)/t12-/m1/s1. The van der Waals surface area contributed by atoms with Gasteiger partial charge in [-0.1, -0.05) is 6.07 Å². The van der Waals surface area contributed by atoms with Gasteiger partial charge in [0.1, 0.15) is 5.82 Å². The highest BCUT2D eigenvalue weighted by Crippen LogP contribution is 2.20. The Labute approximate surface area is 118 Å². The summed E-state index contributed by atoms with van der Waals surface area (Å²) in [4.78, 5) is 25.2. The van der Waals surface area contributed by atoms with E-state index >= 15 is 0 Å². The van der Waals surface area contributed by atoms with E-state index in [0.717, 1.165) is 12.8 Å². The van der Waals surface area contributed by atoms with E-state index in [2.05, 4.69) is 5.32 Å². The summed E-state index contributed by atoms with van der Waals surface area (Å²) < 4.78 is 13.4. The highest BCUT2D eigenvalue weighted by Gasteiger charge is 2.27. The second kappa shape index (κ2) is 6.03. The number of benzene rings is 1. The molecule has 5 heteroatoms. The van der Waals surface area contributed by atoms with Crippen LogP contribution in [0.4, 0.5) is 10.1 Å². The Morgan fingerprint density at radius 2 is 2.15 bits per heavy atom. The van der Waals surface area contributed by atoms with Gasteiger partial charge in [0.2, 0.25) is 11.8 Å². The number of piperidine rings is 1. The van der Waals surface area contributed by atoms with Crippen LogP contribution in [0.5, 0.6) is 0 Å². The van der Waals surface area contributed by atoms with Crippen LogP contribution in [0, 0.1) is 18.7 Å². The SMILES string of the molecule is CC(=O)N1CCC[C@@H](C(=O)Nc2ccc(C)c(F)c2)C1. The number of hydrogen-bond acceptors (Lipinski definition) is 2. The van der Waals surface area contributed by atoms with Gasteiger partial charge in [0.15, 0.2) is 0 Å². The van der Waals surface area contributed by atoms with Gasteiger partial charge < -0.3 is 10.2 Å². The molecule has 0 aliphatic carbocycles. The van der Waals surface area contributed by atoms with Crippen molar-refractivity contribution in [2.45, 2.75) is 26.7 Å². The van der Waals surface area contributed by atoms with E-state index in [0.29, 0.717) is 24.3 Å². The molecule has 1 heterocycles. The van der Waals surface area contributed by atoms with Gasteiger partial charge in [0.05, 0.1) is 5.92 Å². The lowest BCUT2D eigenvalue weighted by Gasteiger charge is -2.31. The Balaban J connectivity index is 2.00. The second-order valence-electron chi connectivity index (χ2n) is 5.26. The molecule has 1 atom stereocenters. The lowest BCUT2D eigenvalue weighted by atomic mass is 9.97. The van der Waals surface area contributed by atoms with E-state index < -0.39 is 0 Å². The van der Waals surface area contributed by atoms with E-state index in [1.807, 2.05) is 0 Å². The summed E-state index contributed by atoms with van der Waals surface area (Å²) in [6, 6.07) is 4.63. The van der Waals surface area contributed by atoms with E-state index in [4.69, 9.17) is 0 Å². The van der Waals surface area contributed by atoms with Crippen LogP contribution in [0.2, 0.25) is 0 Å². The Hall–Kier alpha value is -1.91. The maximum Gasteiger partial charge on any atom is 0.229 e. The summed E-state index contributed by atoms with van der Waals surface area (Å²) in [5.74, 6) is -0.725. The average molecular weight is 278 g/mol. The van der Waals surface area contributed by atoms with Crippen LogP contribution in [-0.2, 0) is 9.59 Å². The van der Waals surface area contributed by atoms with Crippen LogP contribution in [0.1, 0.15) is 25.3 Å². The minimum atomic E-state index is -0.336. The summed E-state index contributed by atoms with van der Waals surface area (Å²) in [5, 5.41) is 2.72. The average Bonchev–Trinajstić information content (AvgIpc) is 2.43. The lowest BCUT2D eigenvalue weighted by molar-refractivity contribution is -0.132. The second-order valence-corrected chi connectivity index (χ2v) is 5.26. The third kappa shape index (κ3) is 3.35. The Morgan fingerprint density at radius 1 is 1.40 bits per heavy atom. The van der Waals surface area contributed by atoms with Crippen LogP contribution in [0.25, 0.3) is 0 Å². The zero-order valence-electron chi connectivity index (χ0n) is 11.8. The first-order valence-electron chi connectivity index (χ1n) is 6.80. The number of amides is 2. The van der Waals surface area contributed by atoms with Crippen molar-refractivity contribution < 1.29 is 14.0 Å². The number of hydrogen-bond donors (Lipinski definition) is 1. The first-order valence-corrected chi connectivity index (χ1v) is 6.80. The zero-order valence-corrected chi connectivity index (χ0v) is 11.8. The number of nitrogens with zero attached hydrogens (tertiary/aromatic N) is 1. The topological polar surface area (TPSA) is 49.4 Å². The van der Waals surface area contributed by atoms with Gasteiger partial charge in [0, 0.05) is 25.7 Å². The predicted octanol–water partition coefficient (Wildman–Crippen LogP) is 2.33. The quantitative estimate of drug-likeness (QED) is 0.902. The van der Waals surface area contributed by atoms with Crippen molar-refractivity contribution in [2.24, 2.45) is 5.92 Å².